The fraction of sp³-hybridized carbons (Fsp3) is 0.357. The molecule has 3 N–H and O–H groups in total. The smallest absolute Gasteiger partial charge is 0.410 e. The van der Waals surface area contributed by atoms with Gasteiger partial charge in [-0.25, -0.2) is 19.2 Å². The minimum absolute atomic E-state index is 0.0636. The molecule has 40 heavy (non-hydrogen) atoms. The lowest BCUT2D eigenvalue weighted by atomic mass is 10.2. The maximum atomic E-state index is 14.6. The molecule has 0 bridgehead atoms. The summed E-state index contributed by atoms with van der Waals surface area (Å²) in [7, 11) is 3.83. The second-order valence-corrected chi connectivity index (χ2v) is 10.8. The van der Waals surface area contributed by atoms with Crippen molar-refractivity contribution in [2.75, 3.05) is 60.7 Å². The SMILES string of the molecule is CN(C)c1nc2ccc(Nc3ncc(F)c(Nc4ccc(N5CCN(C(=O)OC(C)(C)C)CC5)cc4)n3)cc2[nH]1. The third kappa shape index (κ3) is 6.33. The fourth-order valence-corrected chi connectivity index (χ4v) is 4.30. The second kappa shape index (κ2) is 10.9. The minimum atomic E-state index is -0.562. The van der Waals surface area contributed by atoms with Gasteiger partial charge < -0.3 is 35.1 Å². The summed E-state index contributed by atoms with van der Waals surface area (Å²) < 4.78 is 20.0. The molecule has 0 spiro atoms. The zero-order valence-electron chi connectivity index (χ0n) is 23.3. The Balaban J connectivity index is 1.21. The summed E-state index contributed by atoms with van der Waals surface area (Å²) in [5.41, 5.74) is 3.64. The van der Waals surface area contributed by atoms with Crippen LogP contribution < -0.4 is 20.4 Å². The number of hydrogen-bond acceptors (Lipinski definition) is 9. The van der Waals surface area contributed by atoms with E-state index in [1.807, 2.05) is 82.2 Å². The number of piperazine rings is 1. The number of fused-ring (bicyclic) bond motifs is 1. The van der Waals surface area contributed by atoms with E-state index in [0.717, 1.165) is 34.6 Å². The first kappa shape index (κ1) is 27.0. The number of imidazole rings is 1. The average molecular weight is 548 g/mol. The first-order valence-electron chi connectivity index (χ1n) is 13.1. The summed E-state index contributed by atoms with van der Waals surface area (Å²) in [5.74, 6) is 0.516. The van der Waals surface area contributed by atoms with Crippen LogP contribution in [0, 0.1) is 5.82 Å². The lowest BCUT2D eigenvalue weighted by molar-refractivity contribution is 0.0240. The van der Waals surface area contributed by atoms with Gasteiger partial charge in [0.2, 0.25) is 11.9 Å². The van der Waals surface area contributed by atoms with Crippen molar-refractivity contribution < 1.29 is 13.9 Å². The van der Waals surface area contributed by atoms with Crippen LogP contribution in [0.25, 0.3) is 11.0 Å². The molecule has 1 saturated heterocycles. The summed E-state index contributed by atoms with van der Waals surface area (Å²) >= 11 is 0. The number of benzene rings is 2. The van der Waals surface area contributed by atoms with Gasteiger partial charge in [-0.1, -0.05) is 0 Å². The number of nitrogens with zero attached hydrogens (tertiary/aromatic N) is 6. The Bertz CT molecular complexity index is 1490. The standard InChI is InChI=1S/C28H34FN9O2/c1-28(2,3)40-27(39)38-14-12-37(13-15-38)20-9-6-18(7-10-20)31-24-21(29)17-30-25(35-24)32-19-8-11-22-23(16-19)34-26(33-22)36(4)5/h6-11,16-17H,12-15H2,1-5H3,(H,33,34)(H2,30,31,32,35). The minimum Gasteiger partial charge on any atom is -0.444 e. The largest absolute Gasteiger partial charge is 0.444 e. The summed E-state index contributed by atoms with van der Waals surface area (Å²) in [4.78, 5) is 34.4. The second-order valence-electron chi connectivity index (χ2n) is 10.8. The molecule has 12 heteroatoms. The molecule has 0 unspecified atom stereocenters. The topological polar surface area (TPSA) is 115 Å². The number of hydrogen-bond donors (Lipinski definition) is 3. The number of amides is 1. The zero-order chi connectivity index (χ0) is 28.4. The van der Waals surface area contributed by atoms with Gasteiger partial charge in [0.1, 0.15) is 5.60 Å². The molecule has 4 aromatic rings. The summed E-state index contributed by atoms with van der Waals surface area (Å²) in [6.45, 7) is 8.16. The van der Waals surface area contributed by atoms with Crippen molar-refractivity contribution in [2.24, 2.45) is 0 Å². The molecule has 2 aromatic heterocycles. The quantitative estimate of drug-likeness (QED) is 0.303. The van der Waals surface area contributed by atoms with Gasteiger partial charge in [-0.3, -0.25) is 0 Å². The average Bonchev–Trinajstić information content (AvgIpc) is 3.34. The molecular formula is C28H34FN9O2. The van der Waals surface area contributed by atoms with E-state index in [2.05, 4.69) is 35.5 Å². The summed E-state index contributed by atoms with van der Waals surface area (Å²) in [6, 6.07) is 13.3. The number of halogens is 1. The summed E-state index contributed by atoms with van der Waals surface area (Å²) in [6.07, 6.45) is 0.850. The lowest BCUT2D eigenvalue weighted by Crippen LogP contribution is -2.50. The van der Waals surface area contributed by atoms with E-state index >= 15 is 0 Å². The number of nitrogens with one attached hydrogen (secondary N) is 3. The monoisotopic (exact) mass is 547 g/mol. The molecule has 11 nitrogen and oxygen atoms in total. The van der Waals surface area contributed by atoms with Crippen molar-refractivity contribution in [1.29, 1.82) is 0 Å². The highest BCUT2D eigenvalue weighted by Crippen LogP contribution is 2.26. The van der Waals surface area contributed by atoms with Gasteiger partial charge in [0.25, 0.3) is 0 Å². The Morgan fingerprint density at radius 2 is 1.70 bits per heavy atom. The van der Waals surface area contributed by atoms with Crippen LogP contribution >= 0.6 is 0 Å². The predicted octanol–water partition coefficient (Wildman–Crippen LogP) is 5.10. The van der Waals surface area contributed by atoms with Crippen LogP contribution in [-0.2, 0) is 4.74 Å². The number of aromatic nitrogens is 4. The highest BCUT2D eigenvalue weighted by Gasteiger charge is 2.26. The van der Waals surface area contributed by atoms with Crippen molar-refractivity contribution in [2.45, 2.75) is 26.4 Å². The van der Waals surface area contributed by atoms with Crippen LogP contribution in [0.15, 0.2) is 48.7 Å². The third-order valence-electron chi connectivity index (χ3n) is 6.32. The van der Waals surface area contributed by atoms with E-state index < -0.39 is 11.4 Å². The molecule has 1 fully saturated rings. The van der Waals surface area contributed by atoms with E-state index in [4.69, 9.17) is 4.74 Å². The predicted molar refractivity (Wildman–Crippen MR) is 155 cm³/mol. The number of aromatic amines is 1. The van der Waals surface area contributed by atoms with Crippen molar-refractivity contribution >= 4 is 51.9 Å². The Morgan fingerprint density at radius 3 is 2.38 bits per heavy atom. The Labute approximate surface area is 232 Å². The zero-order valence-corrected chi connectivity index (χ0v) is 23.3. The molecule has 1 aliphatic heterocycles. The van der Waals surface area contributed by atoms with Gasteiger partial charge in [0.05, 0.1) is 17.2 Å². The highest BCUT2D eigenvalue weighted by molar-refractivity contribution is 5.82. The molecule has 210 valence electrons. The van der Waals surface area contributed by atoms with Gasteiger partial charge in [-0.2, -0.15) is 4.98 Å². The van der Waals surface area contributed by atoms with Gasteiger partial charge >= 0.3 is 6.09 Å². The van der Waals surface area contributed by atoms with Crippen LogP contribution in [0.5, 0.6) is 0 Å². The van der Waals surface area contributed by atoms with Crippen LogP contribution in [0.4, 0.5) is 44.0 Å². The number of rotatable bonds is 6. The first-order valence-corrected chi connectivity index (χ1v) is 13.1. The van der Waals surface area contributed by atoms with Crippen molar-refractivity contribution in [3.8, 4) is 0 Å². The van der Waals surface area contributed by atoms with Gasteiger partial charge in [-0.05, 0) is 63.2 Å². The van der Waals surface area contributed by atoms with Gasteiger partial charge in [0, 0.05) is 57.3 Å². The molecule has 5 rings (SSSR count). The van der Waals surface area contributed by atoms with Crippen LogP contribution in [-0.4, -0.2) is 76.8 Å². The third-order valence-corrected chi connectivity index (χ3v) is 6.32. The number of carbonyl (C=O) groups is 1. The van der Waals surface area contributed by atoms with E-state index in [9.17, 15) is 9.18 Å². The van der Waals surface area contributed by atoms with E-state index in [1.54, 1.807) is 4.90 Å². The normalized spacial score (nSPS) is 13.8. The first-order chi connectivity index (χ1) is 19.0. The Hall–Kier alpha value is -4.61. The van der Waals surface area contributed by atoms with Crippen molar-refractivity contribution in [3.63, 3.8) is 0 Å². The van der Waals surface area contributed by atoms with Crippen LogP contribution in [0.3, 0.4) is 0 Å². The molecule has 0 atom stereocenters. The van der Waals surface area contributed by atoms with Crippen LogP contribution in [0.1, 0.15) is 20.8 Å². The Kier molecular flexibility index (Phi) is 7.33. The maximum Gasteiger partial charge on any atom is 0.410 e. The molecular weight excluding hydrogens is 513 g/mol. The molecule has 0 aliphatic carbocycles. The Morgan fingerprint density at radius 1 is 1.00 bits per heavy atom. The number of carbonyl (C=O) groups excluding carboxylic acids is 1. The summed E-state index contributed by atoms with van der Waals surface area (Å²) in [5, 5.41) is 6.17. The molecule has 3 heterocycles. The number of anilines is 6. The fourth-order valence-electron chi connectivity index (χ4n) is 4.30. The molecule has 0 saturated carbocycles. The molecule has 2 aromatic carbocycles. The van der Waals surface area contributed by atoms with Crippen molar-refractivity contribution in [3.05, 3.63) is 54.5 Å². The molecule has 1 amide bonds. The van der Waals surface area contributed by atoms with E-state index in [1.165, 1.54) is 0 Å². The van der Waals surface area contributed by atoms with Gasteiger partial charge in [0.15, 0.2) is 11.6 Å². The molecule has 1 aliphatic rings. The number of ether oxygens (including phenoxy) is 1. The van der Waals surface area contributed by atoms with Gasteiger partial charge in [-0.15, -0.1) is 0 Å². The van der Waals surface area contributed by atoms with E-state index in [0.29, 0.717) is 31.9 Å². The van der Waals surface area contributed by atoms with E-state index in [-0.39, 0.29) is 17.9 Å². The number of H-pyrrole nitrogens is 1. The van der Waals surface area contributed by atoms with Crippen LogP contribution in [0.2, 0.25) is 0 Å². The van der Waals surface area contributed by atoms with Crippen molar-refractivity contribution in [1.82, 2.24) is 24.8 Å². The highest BCUT2D eigenvalue weighted by atomic mass is 19.1. The lowest BCUT2D eigenvalue weighted by Gasteiger charge is -2.36. The maximum absolute atomic E-state index is 14.6. The molecule has 0 radical (unpaired) electrons.